The molecule has 4 aliphatic heterocycles. The van der Waals surface area contributed by atoms with E-state index in [1.54, 1.807) is 98.2 Å². The van der Waals surface area contributed by atoms with Gasteiger partial charge < -0.3 is 62.0 Å². The third-order valence-electron chi connectivity index (χ3n) is 19.2. The number of carboxylic acid groups (broad SMARTS) is 1. The second-order valence-electron chi connectivity index (χ2n) is 27.1. The van der Waals surface area contributed by atoms with Gasteiger partial charge in [0.1, 0.15) is 75.1 Å². The molecular formula is C76H89Br2ClN18O13. The molecule has 6 aliphatic rings. The Hall–Kier alpha value is -10.5. The number of fused-ring (bicyclic) bond motifs is 5. The molecule has 2 saturated carbocycles. The minimum Gasteiger partial charge on any atom is -0.480 e. The van der Waals surface area contributed by atoms with Crippen LogP contribution in [0.15, 0.2) is 119 Å². The third-order valence-corrected chi connectivity index (χ3v) is 20.1. The predicted octanol–water partition coefficient (Wildman–Crippen LogP) is 7.86. The number of benzene rings is 2. The van der Waals surface area contributed by atoms with E-state index in [2.05, 4.69) is 109 Å². The lowest BCUT2D eigenvalue weighted by Crippen LogP contribution is -2.47. The molecule has 0 unspecified atom stereocenters. The van der Waals surface area contributed by atoms with Crippen molar-refractivity contribution >= 4 is 137 Å². The molecule has 8 atom stereocenters. The fourth-order valence-electron chi connectivity index (χ4n) is 13.5. The van der Waals surface area contributed by atoms with Crippen LogP contribution in [0.5, 0.6) is 0 Å². The van der Waals surface area contributed by atoms with Crippen molar-refractivity contribution in [3.63, 3.8) is 0 Å². The summed E-state index contributed by atoms with van der Waals surface area (Å²) in [6.07, 6.45) is 16.9. The highest BCUT2D eigenvalue weighted by Crippen LogP contribution is 2.59. The number of rotatable bonds is 12. The Bertz CT molecular complexity index is 4740. The fourth-order valence-corrected chi connectivity index (χ4v) is 14.1. The quantitative estimate of drug-likeness (QED) is 0.0241. The van der Waals surface area contributed by atoms with Crippen LogP contribution in [0, 0.1) is 30.1 Å². The van der Waals surface area contributed by atoms with Gasteiger partial charge in [0.05, 0.1) is 38.0 Å². The van der Waals surface area contributed by atoms with Crippen molar-refractivity contribution in [3.8, 4) is 22.3 Å². The van der Waals surface area contributed by atoms with Crippen LogP contribution >= 0.6 is 44.3 Å². The number of carboxylic acids is 1. The molecule has 582 valence electrons. The van der Waals surface area contributed by atoms with Gasteiger partial charge in [-0.1, -0.05) is 63.4 Å². The van der Waals surface area contributed by atoms with Crippen LogP contribution in [0.25, 0.3) is 33.2 Å². The first-order chi connectivity index (χ1) is 51.2. The average molecular weight is 1660 g/mol. The second-order valence-corrected chi connectivity index (χ2v) is 28.7. The number of Topliss-reactive ketones (excluding diaryl/α,β-unsaturated/α-hetero) is 2. The maximum absolute atomic E-state index is 14.4. The Labute approximate surface area is 658 Å². The molecule has 4 bridgehead atoms. The lowest BCUT2D eigenvalue weighted by molar-refractivity contribution is -0.138. The molecule has 2 spiro atoms. The van der Waals surface area contributed by atoms with Gasteiger partial charge in [0, 0.05) is 127 Å². The maximum Gasteiger partial charge on any atom is 0.322 e. The highest BCUT2D eigenvalue weighted by molar-refractivity contribution is 9.10. The average Bonchev–Trinajstić information content (AvgIpc) is 1.54. The topological polar surface area (TPSA) is 428 Å². The summed E-state index contributed by atoms with van der Waals surface area (Å²) in [5.74, 6) is -1.75. The number of pyridine rings is 2. The molecule has 5 aromatic heterocycles. The Morgan fingerprint density at radius 2 is 1.17 bits per heavy atom. The van der Waals surface area contributed by atoms with Gasteiger partial charge in [0.25, 0.3) is 0 Å². The number of hydrogen-bond donors (Lipinski definition) is 10. The molecule has 2 aromatic carbocycles. The van der Waals surface area contributed by atoms with Crippen molar-refractivity contribution in [2.75, 3.05) is 48.8 Å². The Morgan fingerprint density at radius 3 is 1.70 bits per heavy atom. The number of halogens is 3. The standard InChI is InChI=1S/C37H38BrN9O6.C21H26BrN5O4.C16H16N4O3.2CH4.ClH/c1-20(48)33-26-12-23(25-15-39-21(2)40-16-25)7-9-28(26)46(45-33)17-32(50)47-29-13-37(14-30(37)47)19-41-35(51)27(42-22(3)49)6-4-5-11-53-18-24-8-10-31(38)43-34(24)44-36(29)52;1-12(28)24-14-4-2-3-7-31-10-13-5-6-17(22)26-18(13)27-20(30)15-8-21(9-16(21)25-15)11-23-19(14)29;1-9(21)16(17)13-5-11(12-6-18-10(2)19-7-12)3-4-14(13)20-8-15(22)23;;;/h4-5,7-10,12,15-16,27,29-30H,6,11,13-14,17-19H2,1-3H3,(H,41,51)(H,42,49)(H,43,44,52);2-3,5-6,14-16,25H,4,7-11H2,1H3,(H,23,29)(H,24,28)(H,26,27,30);3-7,17,20H,8H2,1-2H3,(H,22,23);2*1H4;1H/t27-,29-,30+,37-;14-,15-,16+,21-;;;;/m00..../s1. The molecule has 2 aliphatic carbocycles. The van der Waals surface area contributed by atoms with Crippen molar-refractivity contribution in [3.05, 3.63) is 153 Å². The zero-order valence-corrected chi connectivity index (χ0v) is 63.8. The van der Waals surface area contributed by atoms with Gasteiger partial charge in [-0.05, 0) is 132 Å². The summed E-state index contributed by atoms with van der Waals surface area (Å²) in [6, 6.07) is 14.9. The summed E-state index contributed by atoms with van der Waals surface area (Å²) in [6.45, 7) is 10.2. The van der Waals surface area contributed by atoms with Crippen LogP contribution in [-0.2, 0) is 72.4 Å². The van der Waals surface area contributed by atoms with Gasteiger partial charge in [-0.3, -0.25) is 58.0 Å². The zero-order chi connectivity index (χ0) is 76.4. The first-order valence-corrected chi connectivity index (χ1v) is 36.1. The molecule has 0 radical (unpaired) electrons. The smallest absolute Gasteiger partial charge is 0.322 e. The van der Waals surface area contributed by atoms with Crippen LogP contribution in [0.2, 0.25) is 0 Å². The summed E-state index contributed by atoms with van der Waals surface area (Å²) in [5.41, 5.74) is 5.16. The number of aliphatic carboxylic acids is 1. The van der Waals surface area contributed by atoms with E-state index in [9.17, 15) is 47.9 Å². The van der Waals surface area contributed by atoms with Gasteiger partial charge >= 0.3 is 5.97 Å². The number of aryl methyl sites for hydroxylation is 2. The number of nitrogens with zero attached hydrogens (tertiary/aromatic N) is 9. The largest absolute Gasteiger partial charge is 0.480 e. The monoisotopic (exact) mass is 1650 g/mol. The van der Waals surface area contributed by atoms with Crippen LogP contribution in [-0.4, -0.2) is 183 Å². The minimum atomic E-state index is -1.03. The Balaban J connectivity index is 0.000000226. The van der Waals surface area contributed by atoms with Crippen molar-refractivity contribution in [2.24, 2.45) is 10.8 Å². The molecule has 10 N–H and O–H groups in total. The van der Waals surface area contributed by atoms with E-state index < -0.39 is 41.2 Å². The first-order valence-electron chi connectivity index (χ1n) is 34.5. The van der Waals surface area contributed by atoms with Crippen molar-refractivity contribution < 1.29 is 62.5 Å². The fraction of sp³-hybridized carbons (Fsp3) is 0.395. The van der Waals surface area contributed by atoms with E-state index in [0.717, 1.165) is 34.2 Å². The molecule has 34 heteroatoms. The van der Waals surface area contributed by atoms with Crippen LogP contribution in [0.1, 0.15) is 120 Å². The van der Waals surface area contributed by atoms with Crippen molar-refractivity contribution in [2.45, 2.75) is 151 Å². The number of nitrogens with one attached hydrogen (secondary N) is 9. The van der Waals surface area contributed by atoms with Gasteiger partial charge in [0.2, 0.25) is 41.4 Å². The predicted molar refractivity (Wildman–Crippen MR) is 420 cm³/mol. The van der Waals surface area contributed by atoms with E-state index in [4.69, 9.17) is 20.0 Å². The molecule has 31 nitrogen and oxygen atoms in total. The number of piperidine rings is 2. The Kier molecular flexibility index (Phi) is 28.9. The van der Waals surface area contributed by atoms with E-state index >= 15 is 0 Å². The number of amides is 7. The van der Waals surface area contributed by atoms with E-state index in [1.807, 2.05) is 30.4 Å². The van der Waals surface area contributed by atoms with Crippen LogP contribution in [0.4, 0.5) is 17.3 Å². The molecule has 7 aromatic rings. The second kappa shape index (κ2) is 37.3. The molecule has 2 saturated heterocycles. The number of anilines is 3. The van der Waals surface area contributed by atoms with Gasteiger partial charge in [-0.15, -0.1) is 12.4 Å². The number of likely N-dealkylation sites (tertiary alicyclic amines) is 1. The molecular weight excluding hydrogens is 1570 g/mol. The van der Waals surface area contributed by atoms with Crippen LogP contribution < -0.4 is 42.5 Å². The number of carbonyl (C=O) groups excluding carboxylic acids is 9. The molecule has 7 amide bonds. The van der Waals surface area contributed by atoms with Gasteiger partial charge in [-0.2, -0.15) is 5.10 Å². The number of aromatic nitrogens is 8. The number of hydrogen-bond acceptors (Lipinski definition) is 22. The van der Waals surface area contributed by atoms with Crippen LogP contribution in [0.3, 0.4) is 0 Å². The SMILES string of the molecule is C.C.CC(=O)C(=N)c1cc(-c2cnc(C)nc2)ccc1NCC(=O)O.CC(=O)N[C@H]1CC=CCOCc2ccc(Br)nc2NC(=O)[C@@H]2C[C@@]3(CNC1=O)C[C@H]3N2.CC(=O)N[C@H]1CC=CCOCc2ccc(Br)nc2NC(=O)[C@@H]2C[C@@]3(CNC1=O)C[C@H]3N2C(=O)Cn1nc(C(C)=O)c2cc(-c3cnc(C)nc3)ccc21.Cl. The number of carbonyl (C=O) groups is 10. The van der Waals surface area contributed by atoms with Crippen molar-refractivity contribution in [1.82, 2.24) is 71.2 Å². The van der Waals surface area contributed by atoms with Gasteiger partial charge in [0.15, 0.2) is 11.6 Å². The lowest BCUT2D eigenvalue weighted by Gasteiger charge is -2.27. The first kappa shape index (κ1) is 85.2. The maximum atomic E-state index is 14.4. The number of ether oxygens (including phenoxy) is 2. The van der Waals surface area contributed by atoms with Gasteiger partial charge in [-0.25, -0.2) is 29.9 Å². The molecule has 9 heterocycles. The van der Waals surface area contributed by atoms with E-state index in [0.29, 0.717) is 99.0 Å². The highest BCUT2D eigenvalue weighted by Gasteiger charge is 2.67. The number of ketones is 2. The summed E-state index contributed by atoms with van der Waals surface area (Å²) < 4.78 is 14.1. The summed E-state index contributed by atoms with van der Waals surface area (Å²) in [5, 5.41) is 45.2. The molecule has 110 heavy (non-hydrogen) atoms. The normalized spacial score (nSPS) is 21.9. The zero-order valence-electron chi connectivity index (χ0n) is 59.8. The molecule has 13 rings (SSSR count). The summed E-state index contributed by atoms with van der Waals surface area (Å²) in [7, 11) is 0. The molecule has 4 fully saturated rings. The summed E-state index contributed by atoms with van der Waals surface area (Å²) >= 11 is 6.74. The van der Waals surface area contributed by atoms with Crippen molar-refractivity contribution in [1.29, 1.82) is 5.41 Å². The van der Waals surface area contributed by atoms with E-state index in [-0.39, 0.29) is 149 Å². The highest BCUT2D eigenvalue weighted by atomic mass is 79.9. The van der Waals surface area contributed by atoms with E-state index in [1.165, 1.54) is 32.4 Å². The lowest BCUT2D eigenvalue weighted by atomic mass is 9.98. The third kappa shape index (κ3) is 20.9. The minimum absolute atomic E-state index is 0. The summed E-state index contributed by atoms with van der Waals surface area (Å²) in [4.78, 5) is 153. The Morgan fingerprint density at radius 1 is 0.645 bits per heavy atom.